The summed E-state index contributed by atoms with van der Waals surface area (Å²) in [6.45, 7) is 1.69. The molecule has 2 N–H and O–H groups in total. The van der Waals surface area contributed by atoms with Crippen molar-refractivity contribution in [3.63, 3.8) is 0 Å². The lowest BCUT2D eigenvalue weighted by atomic mass is 10.1. The van der Waals surface area contributed by atoms with Gasteiger partial charge in [0, 0.05) is 13.0 Å². The van der Waals surface area contributed by atoms with Crippen LogP contribution in [-0.4, -0.2) is 31.5 Å². The molecule has 0 bridgehead atoms. The average molecular weight is 327 g/mol. The monoisotopic (exact) mass is 327 g/mol. The van der Waals surface area contributed by atoms with Crippen LogP contribution in [0.3, 0.4) is 0 Å². The lowest BCUT2D eigenvalue weighted by Gasteiger charge is -2.22. The van der Waals surface area contributed by atoms with Crippen molar-refractivity contribution < 1.29 is 19.3 Å². The Kier molecular flexibility index (Phi) is 4.04. The van der Waals surface area contributed by atoms with Gasteiger partial charge in [-0.3, -0.25) is 0 Å². The number of fused-ring (bicyclic) bond motifs is 2. The summed E-state index contributed by atoms with van der Waals surface area (Å²) >= 11 is 0. The number of nitrogens with one attached hydrogen (secondary N) is 1. The molecule has 0 amide bonds. The molecule has 2 aromatic carbocycles. The highest BCUT2D eigenvalue weighted by Gasteiger charge is 2.30. The summed E-state index contributed by atoms with van der Waals surface area (Å²) < 4.78 is 16.7. The van der Waals surface area contributed by atoms with Crippen LogP contribution in [-0.2, 0) is 13.0 Å². The molecule has 2 aromatic rings. The molecule has 1 aliphatic carbocycles. The molecule has 2 aliphatic rings. The van der Waals surface area contributed by atoms with Crippen LogP contribution in [0.15, 0.2) is 36.4 Å². The third-order valence-electron chi connectivity index (χ3n) is 4.62. The topological polar surface area (TPSA) is 60.0 Å². The van der Waals surface area contributed by atoms with Gasteiger partial charge in [-0.1, -0.05) is 24.3 Å². The molecule has 0 saturated heterocycles. The SMILES string of the molecule is COc1cc(CN[C@@H]2c3ccccc3C[C@@H]2O)cc2c1OCCO2. The quantitative estimate of drug-likeness (QED) is 0.902. The van der Waals surface area contributed by atoms with E-state index >= 15 is 0 Å². The molecule has 126 valence electrons. The molecule has 0 aromatic heterocycles. The first-order chi connectivity index (χ1) is 11.8. The molecule has 5 heteroatoms. The lowest BCUT2D eigenvalue weighted by molar-refractivity contribution is 0.140. The Labute approximate surface area is 141 Å². The predicted octanol–water partition coefficient (Wildman–Crippen LogP) is 2.21. The second-order valence-electron chi connectivity index (χ2n) is 6.15. The van der Waals surface area contributed by atoms with Crippen LogP contribution in [0.4, 0.5) is 0 Å². The Bertz CT molecular complexity index is 729. The van der Waals surface area contributed by atoms with E-state index in [0.717, 1.165) is 5.56 Å². The van der Waals surface area contributed by atoms with Gasteiger partial charge in [0.15, 0.2) is 11.5 Å². The van der Waals surface area contributed by atoms with Gasteiger partial charge in [-0.05, 0) is 28.8 Å². The zero-order valence-electron chi connectivity index (χ0n) is 13.6. The normalized spacial score (nSPS) is 21.4. The Morgan fingerprint density at radius 1 is 1.21 bits per heavy atom. The molecule has 0 fully saturated rings. The number of ether oxygens (including phenoxy) is 3. The van der Waals surface area contributed by atoms with Crippen molar-refractivity contribution in [2.45, 2.75) is 25.1 Å². The number of benzene rings is 2. The molecular weight excluding hydrogens is 306 g/mol. The average Bonchev–Trinajstić information content (AvgIpc) is 2.94. The summed E-state index contributed by atoms with van der Waals surface area (Å²) in [5, 5.41) is 13.8. The van der Waals surface area contributed by atoms with Gasteiger partial charge in [0.1, 0.15) is 13.2 Å². The van der Waals surface area contributed by atoms with E-state index in [0.29, 0.717) is 43.4 Å². The number of aliphatic hydroxyl groups is 1. The van der Waals surface area contributed by atoms with Crippen molar-refractivity contribution in [1.29, 1.82) is 0 Å². The van der Waals surface area contributed by atoms with Crippen molar-refractivity contribution in [3.05, 3.63) is 53.1 Å². The summed E-state index contributed by atoms with van der Waals surface area (Å²) in [6, 6.07) is 12.0. The van der Waals surface area contributed by atoms with Crippen LogP contribution in [0.2, 0.25) is 0 Å². The summed E-state index contributed by atoms with van der Waals surface area (Å²) in [7, 11) is 1.63. The van der Waals surface area contributed by atoms with Gasteiger partial charge >= 0.3 is 0 Å². The first-order valence-electron chi connectivity index (χ1n) is 8.22. The van der Waals surface area contributed by atoms with Gasteiger partial charge in [-0.2, -0.15) is 0 Å². The molecule has 5 nitrogen and oxygen atoms in total. The van der Waals surface area contributed by atoms with Crippen LogP contribution in [0.25, 0.3) is 0 Å². The minimum Gasteiger partial charge on any atom is -0.493 e. The van der Waals surface area contributed by atoms with Crippen LogP contribution >= 0.6 is 0 Å². The second-order valence-corrected chi connectivity index (χ2v) is 6.15. The van der Waals surface area contributed by atoms with Crippen molar-refractivity contribution in [2.75, 3.05) is 20.3 Å². The van der Waals surface area contributed by atoms with Gasteiger partial charge in [0.25, 0.3) is 0 Å². The molecule has 1 aliphatic heterocycles. The zero-order chi connectivity index (χ0) is 16.5. The Hall–Kier alpha value is -2.24. The highest BCUT2D eigenvalue weighted by atomic mass is 16.6. The standard InChI is InChI=1S/C19H21NO4/c1-22-16-8-12(9-17-19(16)24-7-6-23-17)11-20-18-14-5-3-2-4-13(14)10-15(18)21/h2-5,8-9,15,18,20-21H,6-7,10-11H2,1H3/t15-,18+/m0/s1. The highest BCUT2D eigenvalue weighted by molar-refractivity contribution is 5.54. The smallest absolute Gasteiger partial charge is 0.203 e. The van der Waals surface area contributed by atoms with Gasteiger partial charge in [-0.25, -0.2) is 0 Å². The third kappa shape index (κ3) is 2.70. The van der Waals surface area contributed by atoms with E-state index in [2.05, 4.69) is 17.4 Å². The number of hydrogen-bond donors (Lipinski definition) is 2. The summed E-state index contributed by atoms with van der Waals surface area (Å²) in [5.74, 6) is 2.06. The zero-order valence-corrected chi connectivity index (χ0v) is 13.6. The van der Waals surface area contributed by atoms with Gasteiger partial charge in [-0.15, -0.1) is 0 Å². The molecular formula is C19H21NO4. The first kappa shape index (κ1) is 15.3. The van der Waals surface area contributed by atoms with E-state index in [1.807, 2.05) is 24.3 Å². The Morgan fingerprint density at radius 3 is 2.92 bits per heavy atom. The minimum absolute atomic E-state index is 0.0552. The summed E-state index contributed by atoms with van der Waals surface area (Å²) in [4.78, 5) is 0. The van der Waals surface area contributed by atoms with Gasteiger partial charge in [0.2, 0.25) is 5.75 Å². The molecule has 24 heavy (non-hydrogen) atoms. The minimum atomic E-state index is -0.401. The molecule has 0 radical (unpaired) electrons. The van der Waals surface area contributed by atoms with Crippen molar-refractivity contribution in [1.82, 2.24) is 5.32 Å². The van der Waals surface area contributed by atoms with Crippen molar-refractivity contribution >= 4 is 0 Å². The fourth-order valence-corrected chi connectivity index (χ4v) is 3.48. The van der Waals surface area contributed by atoms with E-state index in [1.54, 1.807) is 7.11 Å². The van der Waals surface area contributed by atoms with Crippen LogP contribution < -0.4 is 19.5 Å². The van der Waals surface area contributed by atoms with E-state index in [-0.39, 0.29) is 6.04 Å². The number of methoxy groups -OCH3 is 1. The fourth-order valence-electron chi connectivity index (χ4n) is 3.48. The highest BCUT2D eigenvalue weighted by Crippen LogP contribution is 2.40. The first-order valence-corrected chi connectivity index (χ1v) is 8.22. The van der Waals surface area contributed by atoms with Crippen LogP contribution in [0.5, 0.6) is 17.2 Å². The molecule has 0 saturated carbocycles. The van der Waals surface area contributed by atoms with Crippen molar-refractivity contribution in [3.8, 4) is 17.2 Å². The number of hydrogen-bond acceptors (Lipinski definition) is 5. The van der Waals surface area contributed by atoms with Gasteiger partial charge in [0.05, 0.1) is 19.3 Å². The van der Waals surface area contributed by atoms with E-state index in [1.165, 1.54) is 11.1 Å². The maximum atomic E-state index is 10.3. The number of rotatable bonds is 4. The largest absolute Gasteiger partial charge is 0.493 e. The van der Waals surface area contributed by atoms with E-state index in [4.69, 9.17) is 14.2 Å². The molecule has 0 spiro atoms. The van der Waals surface area contributed by atoms with Gasteiger partial charge < -0.3 is 24.6 Å². The molecule has 4 rings (SSSR count). The predicted molar refractivity (Wildman–Crippen MR) is 89.7 cm³/mol. The third-order valence-corrected chi connectivity index (χ3v) is 4.62. The molecule has 2 atom stereocenters. The maximum Gasteiger partial charge on any atom is 0.203 e. The second kappa shape index (κ2) is 6.34. The molecule has 1 heterocycles. The lowest BCUT2D eigenvalue weighted by Crippen LogP contribution is -2.28. The molecule has 0 unspecified atom stereocenters. The summed E-state index contributed by atoms with van der Waals surface area (Å²) in [5.41, 5.74) is 3.42. The number of aliphatic hydroxyl groups excluding tert-OH is 1. The van der Waals surface area contributed by atoms with E-state index < -0.39 is 6.10 Å². The van der Waals surface area contributed by atoms with Crippen LogP contribution in [0, 0.1) is 0 Å². The fraction of sp³-hybridized carbons (Fsp3) is 0.368. The Balaban J connectivity index is 1.54. The Morgan fingerprint density at radius 2 is 2.04 bits per heavy atom. The van der Waals surface area contributed by atoms with Crippen LogP contribution in [0.1, 0.15) is 22.7 Å². The van der Waals surface area contributed by atoms with Crippen molar-refractivity contribution in [2.24, 2.45) is 0 Å². The van der Waals surface area contributed by atoms with E-state index in [9.17, 15) is 5.11 Å². The summed E-state index contributed by atoms with van der Waals surface area (Å²) in [6.07, 6.45) is 0.291. The maximum absolute atomic E-state index is 10.3.